The molecule has 0 aliphatic heterocycles. The number of hydrogen-bond acceptors (Lipinski definition) is 3. The van der Waals surface area contributed by atoms with E-state index in [1.54, 1.807) is 0 Å². The van der Waals surface area contributed by atoms with E-state index in [0.717, 1.165) is 23.6 Å². The van der Waals surface area contributed by atoms with Crippen LogP contribution in [0.25, 0.3) is 0 Å². The molecular formula is C16H25ClN2O2. The molecule has 0 aromatic heterocycles. The van der Waals surface area contributed by atoms with E-state index in [2.05, 4.69) is 17.6 Å². The van der Waals surface area contributed by atoms with Crippen molar-refractivity contribution in [1.82, 2.24) is 10.6 Å². The van der Waals surface area contributed by atoms with Crippen molar-refractivity contribution >= 4 is 17.7 Å². The van der Waals surface area contributed by atoms with Gasteiger partial charge in [-0.25, -0.2) is 4.79 Å². The summed E-state index contributed by atoms with van der Waals surface area (Å²) in [6, 6.07) is 7.93. The second-order valence-electron chi connectivity index (χ2n) is 6.00. The second-order valence-corrected chi connectivity index (χ2v) is 6.43. The molecule has 0 fully saturated rings. The van der Waals surface area contributed by atoms with Crippen LogP contribution < -0.4 is 10.6 Å². The minimum Gasteiger partial charge on any atom is -0.444 e. The summed E-state index contributed by atoms with van der Waals surface area (Å²) in [6.45, 7) is 8.91. The van der Waals surface area contributed by atoms with E-state index in [9.17, 15) is 4.79 Å². The molecule has 0 spiro atoms. The average molecular weight is 313 g/mol. The van der Waals surface area contributed by atoms with Gasteiger partial charge in [0.25, 0.3) is 0 Å². The Morgan fingerprint density at radius 3 is 2.43 bits per heavy atom. The van der Waals surface area contributed by atoms with Gasteiger partial charge in [-0.2, -0.15) is 0 Å². The van der Waals surface area contributed by atoms with Crippen molar-refractivity contribution < 1.29 is 9.53 Å². The van der Waals surface area contributed by atoms with Crippen LogP contribution in [0.5, 0.6) is 0 Å². The number of carbonyl (C=O) groups excluding carboxylic acids is 1. The molecule has 118 valence electrons. The topological polar surface area (TPSA) is 50.4 Å². The summed E-state index contributed by atoms with van der Waals surface area (Å²) in [4.78, 5) is 11.6. The Morgan fingerprint density at radius 2 is 1.90 bits per heavy atom. The van der Waals surface area contributed by atoms with Crippen LogP contribution in [0.15, 0.2) is 24.3 Å². The predicted molar refractivity (Wildman–Crippen MR) is 86.6 cm³/mol. The summed E-state index contributed by atoms with van der Waals surface area (Å²) in [5.41, 5.74) is 0.692. The van der Waals surface area contributed by atoms with Crippen molar-refractivity contribution in [2.24, 2.45) is 0 Å². The van der Waals surface area contributed by atoms with Gasteiger partial charge >= 0.3 is 6.09 Å². The smallest absolute Gasteiger partial charge is 0.407 e. The van der Waals surface area contributed by atoms with Gasteiger partial charge in [-0.3, -0.25) is 0 Å². The normalized spacial score (nSPS) is 12.8. The van der Waals surface area contributed by atoms with Crippen molar-refractivity contribution in [3.63, 3.8) is 0 Å². The Hall–Kier alpha value is -1.26. The standard InChI is InChI=1S/C16H25ClN2O2/c1-5-14(11-19-15(20)21-16(2,3)4)18-10-12-6-8-13(17)9-7-12/h6-9,14,18H,5,10-11H2,1-4H3,(H,19,20). The lowest BCUT2D eigenvalue weighted by Crippen LogP contribution is -2.42. The van der Waals surface area contributed by atoms with Crippen LogP contribution in [-0.2, 0) is 11.3 Å². The first-order chi connectivity index (χ1) is 9.80. The van der Waals surface area contributed by atoms with Crippen LogP contribution in [0.1, 0.15) is 39.7 Å². The van der Waals surface area contributed by atoms with Crippen LogP contribution in [0.3, 0.4) is 0 Å². The molecule has 0 radical (unpaired) electrons. The summed E-state index contributed by atoms with van der Waals surface area (Å²) in [5, 5.41) is 6.93. The molecular weight excluding hydrogens is 288 g/mol. The molecule has 1 atom stereocenters. The summed E-state index contributed by atoms with van der Waals surface area (Å²) < 4.78 is 5.22. The SMILES string of the molecule is CCC(CNC(=O)OC(C)(C)C)NCc1ccc(Cl)cc1. The zero-order valence-electron chi connectivity index (χ0n) is 13.2. The molecule has 5 heteroatoms. The quantitative estimate of drug-likeness (QED) is 0.841. The largest absolute Gasteiger partial charge is 0.444 e. The fourth-order valence-corrected chi connectivity index (χ4v) is 1.87. The predicted octanol–water partition coefficient (Wildman–Crippen LogP) is 3.73. The van der Waals surface area contributed by atoms with Gasteiger partial charge in [0, 0.05) is 24.2 Å². The third-order valence-electron chi connectivity index (χ3n) is 2.89. The number of hydrogen-bond donors (Lipinski definition) is 2. The Morgan fingerprint density at radius 1 is 1.29 bits per heavy atom. The minimum absolute atomic E-state index is 0.202. The van der Waals surface area contributed by atoms with Crippen LogP contribution in [0, 0.1) is 0 Å². The van der Waals surface area contributed by atoms with Gasteiger partial charge in [0.1, 0.15) is 5.60 Å². The molecule has 0 bridgehead atoms. The molecule has 0 saturated heterocycles. The molecule has 0 aliphatic rings. The Balaban J connectivity index is 2.34. The molecule has 1 unspecified atom stereocenters. The van der Waals surface area contributed by atoms with Gasteiger partial charge in [0.2, 0.25) is 0 Å². The molecule has 1 amide bonds. The summed E-state index contributed by atoms with van der Waals surface area (Å²) in [5.74, 6) is 0. The van der Waals surface area contributed by atoms with Crippen molar-refractivity contribution in [2.75, 3.05) is 6.54 Å². The highest BCUT2D eigenvalue weighted by Crippen LogP contribution is 2.09. The summed E-state index contributed by atoms with van der Waals surface area (Å²) in [6.07, 6.45) is 0.540. The third kappa shape index (κ3) is 7.93. The Kier molecular flexibility index (Phi) is 6.99. The number of carbonyl (C=O) groups is 1. The van der Waals surface area contributed by atoms with E-state index >= 15 is 0 Å². The zero-order chi connectivity index (χ0) is 15.9. The number of halogens is 1. The fraction of sp³-hybridized carbons (Fsp3) is 0.562. The average Bonchev–Trinajstić information content (AvgIpc) is 2.39. The van der Waals surface area contributed by atoms with E-state index in [-0.39, 0.29) is 12.1 Å². The first-order valence-electron chi connectivity index (χ1n) is 7.25. The van der Waals surface area contributed by atoms with Gasteiger partial charge in [0.15, 0.2) is 0 Å². The summed E-state index contributed by atoms with van der Waals surface area (Å²) >= 11 is 5.86. The highest BCUT2D eigenvalue weighted by molar-refractivity contribution is 6.30. The molecule has 0 heterocycles. The lowest BCUT2D eigenvalue weighted by Gasteiger charge is -2.22. The van der Waals surface area contributed by atoms with E-state index < -0.39 is 5.60 Å². The molecule has 1 aromatic carbocycles. The zero-order valence-corrected chi connectivity index (χ0v) is 14.0. The molecule has 0 aliphatic carbocycles. The van der Waals surface area contributed by atoms with Crippen LogP contribution in [-0.4, -0.2) is 24.3 Å². The minimum atomic E-state index is -0.470. The van der Waals surface area contributed by atoms with Crippen molar-refractivity contribution in [3.8, 4) is 0 Å². The number of amides is 1. The third-order valence-corrected chi connectivity index (χ3v) is 3.14. The monoisotopic (exact) mass is 312 g/mol. The molecule has 1 rings (SSSR count). The van der Waals surface area contributed by atoms with Crippen LogP contribution in [0.4, 0.5) is 4.79 Å². The van der Waals surface area contributed by atoms with Gasteiger partial charge in [-0.1, -0.05) is 30.7 Å². The molecule has 2 N–H and O–H groups in total. The number of ether oxygens (including phenoxy) is 1. The number of rotatable bonds is 6. The second kappa shape index (κ2) is 8.25. The van der Waals surface area contributed by atoms with E-state index in [1.807, 2.05) is 45.0 Å². The Bertz CT molecular complexity index is 441. The van der Waals surface area contributed by atoms with Gasteiger partial charge in [0.05, 0.1) is 0 Å². The number of benzene rings is 1. The van der Waals surface area contributed by atoms with E-state index in [1.165, 1.54) is 0 Å². The maximum Gasteiger partial charge on any atom is 0.407 e. The van der Waals surface area contributed by atoms with Crippen molar-refractivity contribution in [3.05, 3.63) is 34.9 Å². The van der Waals surface area contributed by atoms with E-state index in [0.29, 0.717) is 6.54 Å². The van der Waals surface area contributed by atoms with Gasteiger partial charge < -0.3 is 15.4 Å². The lowest BCUT2D eigenvalue weighted by molar-refractivity contribution is 0.0522. The molecule has 0 saturated carbocycles. The first kappa shape index (κ1) is 17.8. The summed E-state index contributed by atoms with van der Waals surface area (Å²) in [7, 11) is 0. The van der Waals surface area contributed by atoms with Crippen LogP contribution >= 0.6 is 11.6 Å². The highest BCUT2D eigenvalue weighted by Gasteiger charge is 2.16. The molecule has 21 heavy (non-hydrogen) atoms. The maximum absolute atomic E-state index is 11.6. The first-order valence-corrected chi connectivity index (χ1v) is 7.62. The van der Waals surface area contributed by atoms with E-state index in [4.69, 9.17) is 16.3 Å². The number of nitrogens with one attached hydrogen (secondary N) is 2. The van der Waals surface area contributed by atoms with Gasteiger partial charge in [-0.15, -0.1) is 0 Å². The highest BCUT2D eigenvalue weighted by atomic mass is 35.5. The Labute approximate surface area is 132 Å². The van der Waals surface area contributed by atoms with Crippen LogP contribution in [0.2, 0.25) is 5.02 Å². The molecule has 1 aromatic rings. The van der Waals surface area contributed by atoms with Crippen molar-refractivity contribution in [2.45, 2.75) is 52.3 Å². The number of alkyl carbamates (subject to hydrolysis) is 1. The van der Waals surface area contributed by atoms with Crippen molar-refractivity contribution in [1.29, 1.82) is 0 Å². The molecule has 4 nitrogen and oxygen atoms in total. The lowest BCUT2D eigenvalue weighted by atomic mass is 10.2. The van der Waals surface area contributed by atoms with Gasteiger partial charge in [-0.05, 0) is 44.9 Å². The fourth-order valence-electron chi connectivity index (χ4n) is 1.75. The maximum atomic E-state index is 11.6.